The molecule has 2 amide bonds. The summed E-state index contributed by atoms with van der Waals surface area (Å²) in [6, 6.07) is 15.8. The van der Waals surface area contributed by atoms with E-state index in [1.165, 1.54) is 4.31 Å². The number of ether oxygens (including phenoxy) is 1. The molecule has 1 aliphatic rings. The minimum atomic E-state index is -3.52. The van der Waals surface area contributed by atoms with Gasteiger partial charge < -0.3 is 15.0 Å². The van der Waals surface area contributed by atoms with Crippen molar-refractivity contribution in [3.05, 3.63) is 60.2 Å². The number of urea groups is 1. The lowest BCUT2D eigenvalue weighted by Crippen LogP contribution is -2.53. The zero-order valence-corrected chi connectivity index (χ0v) is 16.7. The molecule has 1 saturated heterocycles. The lowest BCUT2D eigenvalue weighted by Gasteiger charge is -2.33. The SMILES string of the molecule is CCc1ccccc1OCNC(=O)N1CCN(S(=O)(=O)c2ccccc2)CC1. The van der Waals surface area contributed by atoms with Gasteiger partial charge in [0.15, 0.2) is 6.73 Å². The summed E-state index contributed by atoms with van der Waals surface area (Å²) in [5, 5.41) is 2.73. The maximum Gasteiger partial charge on any atom is 0.320 e. The molecular formula is C20H25N3O4S. The second kappa shape index (κ2) is 9.07. The first kappa shape index (κ1) is 20.2. The fourth-order valence-corrected chi connectivity index (χ4v) is 4.54. The van der Waals surface area contributed by atoms with Crippen molar-refractivity contribution in [2.45, 2.75) is 18.2 Å². The number of aryl methyl sites for hydroxylation is 1. The molecule has 3 rings (SSSR count). The third-order valence-electron chi connectivity index (χ3n) is 4.71. The van der Waals surface area contributed by atoms with Gasteiger partial charge in [0.25, 0.3) is 0 Å². The van der Waals surface area contributed by atoms with Gasteiger partial charge in [0.2, 0.25) is 10.0 Å². The van der Waals surface area contributed by atoms with Crippen molar-refractivity contribution in [1.82, 2.24) is 14.5 Å². The van der Waals surface area contributed by atoms with Crippen LogP contribution in [0.5, 0.6) is 5.75 Å². The number of hydrogen-bond acceptors (Lipinski definition) is 4. The largest absolute Gasteiger partial charge is 0.473 e. The molecule has 1 N–H and O–H groups in total. The van der Waals surface area contributed by atoms with Gasteiger partial charge in [0.05, 0.1) is 4.90 Å². The molecule has 8 heteroatoms. The monoisotopic (exact) mass is 403 g/mol. The maximum atomic E-state index is 12.6. The van der Waals surface area contributed by atoms with Crippen molar-refractivity contribution in [3.63, 3.8) is 0 Å². The highest BCUT2D eigenvalue weighted by atomic mass is 32.2. The molecular weight excluding hydrogens is 378 g/mol. The molecule has 0 aliphatic carbocycles. The van der Waals surface area contributed by atoms with Gasteiger partial charge >= 0.3 is 6.03 Å². The molecule has 1 heterocycles. The summed E-state index contributed by atoms with van der Waals surface area (Å²) >= 11 is 0. The topological polar surface area (TPSA) is 79.0 Å². The number of carbonyl (C=O) groups excluding carboxylic acids is 1. The van der Waals surface area contributed by atoms with Crippen LogP contribution in [0.1, 0.15) is 12.5 Å². The Hall–Kier alpha value is -2.58. The Morgan fingerprint density at radius 3 is 2.32 bits per heavy atom. The molecule has 2 aromatic rings. The van der Waals surface area contributed by atoms with Crippen LogP contribution in [0.3, 0.4) is 0 Å². The van der Waals surface area contributed by atoms with Crippen LogP contribution in [0.2, 0.25) is 0 Å². The third-order valence-corrected chi connectivity index (χ3v) is 6.62. The highest BCUT2D eigenvalue weighted by Gasteiger charge is 2.29. The standard InChI is InChI=1S/C20H25N3O4S/c1-2-17-8-6-7-11-19(17)27-16-21-20(24)22-12-14-23(15-13-22)28(25,26)18-9-4-3-5-10-18/h3-11H,2,12-16H2,1H3,(H,21,24). The molecule has 0 atom stereocenters. The van der Waals surface area contributed by atoms with E-state index in [0.717, 1.165) is 17.7 Å². The third kappa shape index (κ3) is 4.63. The van der Waals surface area contributed by atoms with Gasteiger partial charge in [-0.25, -0.2) is 13.2 Å². The van der Waals surface area contributed by atoms with Crippen LogP contribution in [0.4, 0.5) is 4.79 Å². The van der Waals surface area contributed by atoms with Crippen molar-refractivity contribution in [3.8, 4) is 5.75 Å². The van der Waals surface area contributed by atoms with Gasteiger partial charge in [-0.3, -0.25) is 0 Å². The van der Waals surface area contributed by atoms with Crippen molar-refractivity contribution in [2.24, 2.45) is 0 Å². The van der Waals surface area contributed by atoms with Gasteiger partial charge in [0, 0.05) is 26.2 Å². The fourth-order valence-electron chi connectivity index (χ4n) is 3.10. The van der Waals surface area contributed by atoms with Crippen molar-refractivity contribution < 1.29 is 17.9 Å². The van der Waals surface area contributed by atoms with Crippen LogP contribution in [0.15, 0.2) is 59.5 Å². The summed E-state index contributed by atoms with van der Waals surface area (Å²) in [6.07, 6.45) is 0.849. The molecule has 1 aliphatic heterocycles. The fraction of sp³-hybridized carbons (Fsp3) is 0.350. The van der Waals surface area contributed by atoms with E-state index in [9.17, 15) is 13.2 Å². The summed E-state index contributed by atoms with van der Waals surface area (Å²) < 4.78 is 32.4. The smallest absolute Gasteiger partial charge is 0.320 e. The Labute approximate surface area is 166 Å². The highest BCUT2D eigenvalue weighted by Crippen LogP contribution is 2.18. The van der Waals surface area contributed by atoms with E-state index in [0.29, 0.717) is 13.1 Å². The van der Waals surface area contributed by atoms with Gasteiger partial charge in [-0.15, -0.1) is 0 Å². The predicted molar refractivity (Wildman–Crippen MR) is 107 cm³/mol. The molecule has 0 saturated carbocycles. The molecule has 7 nitrogen and oxygen atoms in total. The molecule has 0 radical (unpaired) electrons. The maximum absolute atomic E-state index is 12.6. The molecule has 2 aromatic carbocycles. The molecule has 150 valence electrons. The van der Waals surface area contributed by atoms with Crippen LogP contribution >= 0.6 is 0 Å². The average Bonchev–Trinajstić information content (AvgIpc) is 2.74. The van der Waals surface area contributed by atoms with Crippen LogP contribution in [0.25, 0.3) is 0 Å². The van der Waals surface area contributed by atoms with Crippen LogP contribution < -0.4 is 10.1 Å². The number of piperazine rings is 1. The summed E-state index contributed by atoms with van der Waals surface area (Å²) in [6.45, 7) is 3.32. The van der Waals surface area contributed by atoms with Gasteiger partial charge in [-0.05, 0) is 30.2 Å². The number of sulfonamides is 1. The van der Waals surface area contributed by atoms with Crippen molar-refractivity contribution in [1.29, 1.82) is 0 Å². The van der Waals surface area contributed by atoms with E-state index in [1.54, 1.807) is 35.2 Å². The Morgan fingerprint density at radius 2 is 1.64 bits per heavy atom. The Balaban J connectivity index is 1.49. The summed E-state index contributed by atoms with van der Waals surface area (Å²) in [5.41, 5.74) is 1.08. The number of hydrogen-bond donors (Lipinski definition) is 1. The zero-order valence-electron chi connectivity index (χ0n) is 15.9. The van der Waals surface area contributed by atoms with E-state index in [2.05, 4.69) is 5.32 Å². The van der Waals surface area contributed by atoms with E-state index >= 15 is 0 Å². The van der Waals surface area contributed by atoms with Gasteiger partial charge in [0.1, 0.15) is 5.75 Å². The Bertz CT molecular complexity index is 895. The van der Waals surface area contributed by atoms with E-state index in [-0.39, 0.29) is 30.7 Å². The van der Waals surface area contributed by atoms with Gasteiger partial charge in [-0.2, -0.15) is 4.31 Å². The number of nitrogens with one attached hydrogen (secondary N) is 1. The lowest BCUT2D eigenvalue weighted by atomic mass is 10.1. The molecule has 0 spiro atoms. The van der Waals surface area contributed by atoms with Crippen molar-refractivity contribution >= 4 is 16.1 Å². The van der Waals surface area contributed by atoms with Crippen LogP contribution in [-0.4, -0.2) is 56.6 Å². The van der Waals surface area contributed by atoms with Gasteiger partial charge in [-0.1, -0.05) is 43.3 Å². The number of nitrogens with zero attached hydrogens (tertiary/aromatic N) is 2. The van der Waals surface area contributed by atoms with E-state index < -0.39 is 10.0 Å². The Kier molecular flexibility index (Phi) is 6.53. The second-order valence-corrected chi connectivity index (χ2v) is 8.37. The van der Waals surface area contributed by atoms with Crippen molar-refractivity contribution in [2.75, 3.05) is 32.9 Å². The van der Waals surface area contributed by atoms with E-state index in [4.69, 9.17) is 4.74 Å². The lowest BCUT2D eigenvalue weighted by molar-refractivity contribution is 0.162. The first-order chi connectivity index (χ1) is 13.5. The average molecular weight is 404 g/mol. The molecule has 0 aromatic heterocycles. The quantitative estimate of drug-likeness (QED) is 0.751. The number of rotatable bonds is 6. The predicted octanol–water partition coefficient (Wildman–Crippen LogP) is 2.30. The molecule has 28 heavy (non-hydrogen) atoms. The first-order valence-corrected chi connectivity index (χ1v) is 10.7. The normalized spacial score (nSPS) is 15.2. The number of benzene rings is 2. The number of carbonyl (C=O) groups is 1. The summed E-state index contributed by atoms with van der Waals surface area (Å²) in [5.74, 6) is 0.754. The minimum Gasteiger partial charge on any atom is -0.473 e. The summed E-state index contributed by atoms with van der Waals surface area (Å²) in [4.78, 5) is 14.2. The zero-order chi connectivity index (χ0) is 20.0. The number of para-hydroxylation sites is 1. The van der Waals surface area contributed by atoms with E-state index in [1.807, 2.05) is 31.2 Å². The van der Waals surface area contributed by atoms with Crippen LogP contribution in [0, 0.1) is 0 Å². The highest BCUT2D eigenvalue weighted by molar-refractivity contribution is 7.89. The molecule has 1 fully saturated rings. The number of amides is 2. The molecule has 0 unspecified atom stereocenters. The summed E-state index contributed by atoms with van der Waals surface area (Å²) in [7, 11) is -3.52. The second-order valence-electron chi connectivity index (χ2n) is 6.44. The molecule has 0 bridgehead atoms. The minimum absolute atomic E-state index is 0.0678. The Morgan fingerprint density at radius 1 is 1.00 bits per heavy atom. The van der Waals surface area contributed by atoms with Crippen LogP contribution in [-0.2, 0) is 16.4 Å². The first-order valence-electron chi connectivity index (χ1n) is 9.31.